The molecule has 0 aliphatic heterocycles. The Morgan fingerprint density at radius 1 is 1.38 bits per heavy atom. The molecule has 1 aliphatic carbocycles. The number of benzene rings is 1. The van der Waals surface area contributed by atoms with Crippen LogP contribution in [-0.4, -0.2) is 6.54 Å². The van der Waals surface area contributed by atoms with Crippen LogP contribution < -0.4 is 5.32 Å². The molecule has 0 unspecified atom stereocenters. The van der Waals surface area contributed by atoms with Gasteiger partial charge in [0.1, 0.15) is 5.82 Å². The summed E-state index contributed by atoms with van der Waals surface area (Å²) < 4.78 is 13.4. The summed E-state index contributed by atoms with van der Waals surface area (Å²) in [7, 11) is 0. The van der Waals surface area contributed by atoms with Gasteiger partial charge in [0, 0.05) is 12.1 Å². The minimum Gasteiger partial charge on any atom is -0.313 e. The van der Waals surface area contributed by atoms with Crippen molar-refractivity contribution in [3.63, 3.8) is 0 Å². The maximum Gasteiger partial charge on any atom is 0.127 e. The lowest BCUT2D eigenvalue weighted by Gasteiger charge is -2.25. The van der Waals surface area contributed by atoms with Crippen LogP contribution in [0.15, 0.2) is 18.2 Å². The average Bonchev–Trinajstić information content (AvgIpc) is 2.20. The predicted octanol–water partition coefficient (Wildman–Crippen LogP) is 3.41. The summed E-state index contributed by atoms with van der Waals surface area (Å²) in [6.07, 6.45) is 5.42. The van der Waals surface area contributed by atoms with Gasteiger partial charge in [-0.2, -0.15) is 0 Å². The number of rotatable bonds is 5. The van der Waals surface area contributed by atoms with E-state index in [1.54, 1.807) is 6.07 Å². The molecule has 88 valence electrons. The Balaban J connectivity index is 1.73. The van der Waals surface area contributed by atoms with E-state index in [1.165, 1.54) is 25.7 Å². The molecule has 1 aliphatic rings. The van der Waals surface area contributed by atoms with E-state index in [0.29, 0.717) is 6.54 Å². The fraction of sp³-hybridized carbons (Fsp3) is 0.571. The van der Waals surface area contributed by atoms with Crippen molar-refractivity contribution >= 4 is 0 Å². The first kappa shape index (κ1) is 11.6. The van der Waals surface area contributed by atoms with Crippen molar-refractivity contribution in [2.75, 3.05) is 6.54 Å². The van der Waals surface area contributed by atoms with Gasteiger partial charge in [-0.3, -0.25) is 0 Å². The number of halogens is 1. The van der Waals surface area contributed by atoms with Crippen molar-refractivity contribution in [3.05, 3.63) is 35.1 Å². The van der Waals surface area contributed by atoms with E-state index in [0.717, 1.165) is 23.6 Å². The van der Waals surface area contributed by atoms with Gasteiger partial charge < -0.3 is 5.32 Å². The van der Waals surface area contributed by atoms with Crippen molar-refractivity contribution < 1.29 is 4.39 Å². The van der Waals surface area contributed by atoms with Crippen molar-refractivity contribution in [1.82, 2.24) is 5.32 Å². The van der Waals surface area contributed by atoms with Crippen LogP contribution in [-0.2, 0) is 6.54 Å². The highest BCUT2D eigenvalue weighted by molar-refractivity contribution is 5.23. The van der Waals surface area contributed by atoms with Crippen molar-refractivity contribution in [2.24, 2.45) is 5.92 Å². The molecule has 1 aromatic carbocycles. The lowest BCUT2D eigenvalue weighted by Crippen LogP contribution is -2.21. The molecule has 0 bridgehead atoms. The molecule has 1 N–H and O–H groups in total. The summed E-state index contributed by atoms with van der Waals surface area (Å²) in [5, 5.41) is 3.33. The summed E-state index contributed by atoms with van der Waals surface area (Å²) in [4.78, 5) is 0. The molecule has 1 nitrogen and oxygen atoms in total. The van der Waals surface area contributed by atoms with Gasteiger partial charge in [-0.15, -0.1) is 0 Å². The van der Waals surface area contributed by atoms with Crippen LogP contribution in [0.5, 0.6) is 0 Å². The Morgan fingerprint density at radius 3 is 2.88 bits per heavy atom. The van der Waals surface area contributed by atoms with Gasteiger partial charge in [0.05, 0.1) is 0 Å². The Labute approximate surface area is 97.1 Å². The fourth-order valence-corrected chi connectivity index (χ4v) is 2.15. The second kappa shape index (κ2) is 5.44. The molecule has 0 aromatic heterocycles. The second-order valence-corrected chi connectivity index (χ2v) is 4.86. The first-order chi connectivity index (χ1) is 7.75. The maximum atomic E-state index is 13.4. The molecule has 1 saturated carbocycles. The Morgan fingerprint density at radius 2 is 2.19 bits per heavy atom. The molecule has 0 radical (unpaired) electrons. The van der Waals surface area contributed by atoms with Gasteiger partial charge in [0.2, 0.25) is 0 Å². The van der Waals surface area contributed by atoms with Gasteiger partial charge in [-0.05, 0) is 31.9 Å². The van der Waals surface area contributed by atoms with E-state index in [4.69, 9.17) is 0 Å². The number of nitrogens with one attached hydrogen (secondary N) is 1. The van der Waals surface area contributed by atoms with E-state index >= 15 is 0 Å². The molecule has 0 atom stereocenters. The van der Waals surface area contributed by atoms with Crippen molar-refractivity contribution in [2.45, 2.75) is 39.2 Å². The van der Waals surface area contributed by atoms with Gasteiger partial charge in [0.15, 0.2) is 0 Å². The predicted molar refractivity (Wildman–Crippen MR) is 64.8 cm³/mol. The van der Waals surface area contributed by atoms with E-state index in [2.05, 4.69) is 5.32 Å². The lowest BCUT2D eigenvalue weighted by molar-refractivity contribution is 0.292. The van der Waals surface area contributed by atoms with Crippen molar-refractivity contribution in [1.29, 1.82) is 0 Å². The normalized spacial score (nSPS) is 16.1. The zero-order valence-electron chi connectivity index (χ0n) is 9.93. The van der Waals surface area contributed by atoms with Crippen LogP contribution in [0.25, 0.3) is 0 Å². The molecule has 1 fully saturated rings. The lowest BCUT2D eigenvalue weighted by atomic mass is 9.83. The van der Waals surface area contributed by atoms with E-state index in [1.807, 2.05) is 19.1 Å². The second-order valence-electron chi connectivity index (χ2n) is 4.86. The molecule has 0 spiro atoms. The highest BCUT2D eigenvalue weighted by Gasteiger charge is 2.16. The Kier molecular flexibility index (Phi) is 3.94. The molecular weight excluding hydrogens is 201 g/mol. The van der Waals surface area contributed by atoms with Gasteiger partial charge in [-0.25, -0.2) is 4.39 Å². The fourth-order valence-electron chi connectivity index (χ4n) is 2.15. The van der Waals surface area contributed by atoms with Crippen molar-refractivity contribution in [3.8, 4) is 0 Å². The first-order valence-corrected chi connectivity index (χ1v) is 6.21. The molecule has 2 heteroatoms. The van der Waals surface area contributed by atoms with Gasteiger partial charge in [0.25, 0.3) is 0 Å². The van der Waals surface area contributed by atoms with E-state index < -0.39 is 0 Å². The minimum absolute atomic E-state index is 0.0956. The molecule has 16 heavy (non-hydrogen) atoms. The van der Waals surface area contributed by atoms with E-state index in [-0.39, 0.29) is 5.82 Å². The molecule has 0 heterocycles. The maximum absolute atomic E-state index is 13.4. The largest absolute Gasteiger partial charge is 0.313 e. The number of hydrogen-bond acceptors (Lipinski definition) is 1. The summed E-state index contributed by atoms with van der Waals surface area (Å²) in [5.74, 6) is 0.830. The molecule has 0 amide bonds. The summed E-state index contributed by atoms with van der Waals surface area (Å²) in [5.41, 5.74) is 1.91. The van der Waals surface area contributed by atoms with Crippen LogP contribution in [0.3, 0.4) is 0 Å². The van der Waals surface area contributed by atoms with Gasteiger partial charge in [-0.1, -0.05) is 37.0 Å². The SMILES string of the molecule is Cc1ccc(F)c(CNCCC2CCC2)c1. The van der Waals surface area contributed by atoms with E-state index in [9.17, 15) is 4.39 Å². The summed E-state index contributed by atoms with van der Waals surface area (Å²) in [6, 6.07) is 5.29. The van der Waals surface area contributed by atoms with Gasteiger partial charge >= 0.3 is 0 Å². The molecular formula is C14H20FN. The molecule has 1 aromatic rings. The topological polar surface area (TPSA) is 12.0 Å². The van der Waals surface area contributed by atoms with Crippen LogP contribution >= 0.6 is 0 Å². The summed E-state index contributed by atoms with van der Waals surface area (Å²) >= 11 is 0. The zero-order chi connectivity index (χ0) is 11.4. The third kappa shape index (κ3) is 3.05. The quantitative estimate of drug-likeness (QED) is 0.751. The average molecular weight is 221 g/mol. The zero-order valence-corrected chi connectivity index (χ0v) is 9.93. The third-order valence-corrected chi connectivity index (χ3v) is 3.47. The first-order valence-electron chi connectivity index (χ1n) is 6.21. The van der Waals surface area contributed by atoms with Crippen LogP contribution in [0.2, 0.25) is 0 Å². The number of aryl methyl sites for hydroxylation is 1. The monoisotopic (exact) mass is 221 g/mol. The smallest absolute Gasteiger partial charge is 0.127 e. The standard InChI is InChI=1S/C14H20FN/c1-11-5-6-14(15)13(9-11)10-16-8-7-12-3-2-4-12/h5-6,9,12,16H,2-4,7-8,10H2,1H3. The highest BCUT2D eigenvalue weighted by Crippen LogP contribution is 2.28. The highest BCUT2D eigenvalue weighted by atomic mass is 19.1. The third-order valence-electron chi connectivity index (χ3n) is 3.47. The Bertz CT molecular complexity index is 345. The molecule has 2 rings (SSSR count). The summed E-state index contributed by atoms with van der Waals surface area (Å²) in [6.45, 7) is 3.66. The van der Waals surface area contributed by atoms with Crippen LogP contribution in [0.4, 0.5) is 4.39 Å². The van der Waals surface area contributed by atoms with Crippen LogP contribution in [0.1, 0.15) is 36.8 Å². The molecule has 0 saturated heterocycles. The van der Waals surface area contributed by atoms with Crippen LogP contribution in [0, 0.1) is 18.7 Å². The minimum atomic E-state index is -0.0956. The Hall–Kier alpha value is -0.890. The number of hydrogen-bond donors (Lipinski definition) is 1.